The molecule has 154 valence electrons. The van der Waals surface area contributed by atoms with E-state index in [1.54, 1.807) is 6.33 Å². The van der Waals surface area contributed by atoms with Crippen molar-refractivity contribution >= 4 is 11.6 Å². The zero-order valence-corrected chi connectivity index (χ0v) is 17.1. The van der Waals surface area contributed by atoms with Crippen LogP contribution in [0.2, 0.25) is 0 Å². The molecule has 0 bridgehead atoms. The zero-order chi connectivity index (χ0) is 20.2. The normalized spacial score (nSPS) is 18.6. The summed E-state index contributed by atoms with van der Waals surface area (Å²) in [5, 5.41) is 10.5. The molecule has 0 spiro atoms. The molecule has 1 saturated heterocycles. The highest BCUT2D eigenvalue weighted by Gasteiger charge is 2.26. The summed E-state index contributed by atoms with van der Waals surface area (Å²) >= 11 is 0. The van der Waals surface area contributed by atoms with Crippen molar-refractivity contribution in [3.8, 4) is 0 Å². The molecule has 6 heteroatoms. The van der Waals surface area contributed by atoms with Crippen molar-refractivity contribution in [2.24, 2.45) is 0 Å². The quantitative estimate of drug-likeness (QED) is 0.591. The maximum atomic E-state index is 4.50. The van der Waals surface area contributed by atoms with Crippen LogP contribution in [0.4, 0.5) is 11.6 Å². The number of hydrogen-bond donors (Lipinski definition) is 3. The van der Waals surface area contributed by atoms with E-state index in [0.29, 0.717) is 0 Å². The number of rotatable bonds is 6. The molecule has 1 unspecified atom stereocenters. The van der Waals surface area contributed by atoms with Gasteiger partial charge in [-0.05, 0) is 16.7 Å². The number of piperazine rings is 1. The number of aromatic nitrogens is 2. The minimum absolute atomic E-state index is 0.238. The van der Waals surface area contributed by atoms with Crippen LogP contribution in [0.5, 0.6) is 0 Å². The van der Waals surface area contributed by atoms with Gasteiger partial charge >= 0.3 is 0 Å². The van der Waals surface area contributed by atoms with Crippen LogP contribution in [0.15, 0.2) is 60.9 Å². The highest BCUT2D eigenvalue weighted by atomic mass is 15.2. The molecule has 1 atom stereocenters. The topological polar surface area (TPSA) is 65.1 Å². The SMILES string of the molecule is c1ccc(CNc2ncnc3c2CC(c2ccc(CN4CCNCC4)cc2)N3)cc1. The summed E-state index contributed by atoms with van der Waals surface area (Å²) in [5.74, 6) is 1.87. The van der Waals surface area contributed by atoms with Crippen molar-refractivity contribution in [2.45, 2.75) is 25.6 Å². The molecule has 1 aromatic heterocycles. The predicted octanol–water partition coefficient (Wildman–Crippen LogP) is 3.20. The number of hydrogen-bond acceptors (Lipinski definition) is 6. The highest BCUT2D eigenvalue weighted by molar-refractivity contribution is 5.62. The van der Waals surface area contributed by atoms with Gasteiger partial charge in [-0.1, -0.05) is 54.6 Å². The van der Waals surface area contributed by atoms with Gasteiger partial charge < -0.3 is 16.0 Å². The first kappa shape index (κ1) is 19.0. The number of nitrogens with zero attached hydrogens (tertiary/aromatic N) is 3. The summed E-state index contributed by atoms with van der Waals surface area (Å²) in [4.78, 5) is 11.5. The van der Waals surface area contributed by atoms with Crippen LogP contribution in [0.1, 0.15) is 28.3 Å². The van der Waals surface area contributed by atoms with Crippen molar-refractivity contribution < 1.29 is 0 Å². The van der Waals surface area contributed by atoms with E-state index >= 15 is 0 Å². The maximum Gasteiger partial charge on any atom is 0.135 e. The van der Waals surface area contributed by atoms with Crippen LogP contribution in [0, 0.1) is 0 Å². The van der Waals surface area contributed by atoms with Crippen molar-refractivity contribution in [1.29, 1.82) is 0 Å². The van der Waals surface area contributed by atoms with Gasteiger partial charge in [0.1, 0.15) is 18.0 Å². The minimum atomic E-state index is 0.238. The summed E-state index contributed by atoms with van der Waals surface area (Å²) in [6.07, 6.45) is 2.53. The molecule has 3 N–H and O–H groups in total. The van der Waals surface area contributed by atoms with Crippen molar-refractivity contribution in [3.05, 3.63) is 83.2 Å². The molecule has 0 radical (unpaired) electrons. The lowest BCUT2D eigenvalue weighted by Crippen LogP contribution is -2.42. The molecule has 1 fully saturated rings. The average molecular weight is 401 g/mol. The molecular formula is C24H28N6. The molecule has 2 aromatic carbocycles. The Hall–Kier alpha value is -2.96. The van der Waals surface area contributed by atoms with Gasteiger partial charge in [0.25, 0.3) is 0 Å². The Morgan fingerprint density at radius 1 is 0.933 bits per heavy atom. The molecule has 2 aliphatic heterocycles. The van der Waals surface area contributed by atoms with E-state index in [9.17, 15) is 0 Å². The number of fused-ring (bicyclic) bond motifs is 1. The van der Waals surface area contributed by atoms with Gasteiger partial charge in [0, 0.05) is 51.3 Å². The Labute approximate surface area is 177 Å². The molecule has 5 rings (SSSR count). The second-order valence-electron chi connectivity index (χ2n) is 8.06. The lowest BCUT2D eigenvalue weighted by Gasteiger charge is -2.27. The van der Waals surface area contributed by atoms with E-state index in [1.165, 1.54) is 22.3 Å². The monoisotopic (exact) mass is 400 g/mol. The molecule has 6 nitrogen and oxygen atoms in total. The summed E-state index contributed by atoms with van der Waals surface area (Å²) in [7, 11) is 0. The molecule has 0 aliphatic carbocycles. The first-order valence-corrected chi connectivity index (χ1v) is 10.8. The van der Waals surface area contributed by atoms with Gasteiger partial charge in [0.15, 0.2) is 0 Å². The fraction of sp³-hybridized carbons (Fsp3) is 0.333. The predicted molar refractivity (Wildman–Crippen MR) is 120 cm³/mol. The molecular weight excluding hydrogens is 372 g/mol. The third kappa shape index (κ3) is 4.30. The average Bonchev–Trinajstić information content (AvgIpc) is 3.25. The van der Waals surface area contributed by atoms with Crippen LogP contribution in [0.3, 0.4) is 0 Å². The van der Waals surface area contributed by atoms with Crippen LogP contribution in [-0.2, 0) is 19.5 Å². The molecule has 0 amide bonds. The Kier molecular flexibility index (Phi) is 5.59. The molecule has 3 heterocycles. The van der Waals surface area contributed by atoms with Gasteiger partial charge in [-0.25, -0.2) is 9.97 Å². The smallest absolute Gasteiger partial charge is 0.135 e. The Morgan fingerprint density at radius 3 is 2.53 bits per heavy atom. The fourth-order valence-corrected chi connectivity index (χ4v) is 4.27. The fourth-order valence-electron chi connectivity index (χ4n) is 4.27. The van der Waals surface area contributed by atoms with Gasteiger partial charge in [-0.15, -0.1) is 0 Å². The van der Waals surface area contributed by atoms with E-state index in [1.807, 2.05) is 6.07 Å². The third-order valence-electron chi connectivity index (χ3n) is 5.97. The van der Waals surface area contributed by atoms with E-state index in [4.69, 9.17) is 0 Å². The van der Waals surface area contributed by atoms with Gasteiger partial charge in [-0.3, -0.25) is 4.90 Å². The Balaban J connectivity index is 1.24. The van der Waals surface area contributed by atoms with Gasteiger partial charge in [0.05, 0.1) is 6.04 Å². The van der Waals surface area contributed by atoms with E-state index < -0.39 is 0 Å². The zero-order valence-electron chi connectivity index (χ0n) is 17.1. The van der Waals surface area contributed by atoms with Gasteiger partial charge in [0.2, 0.25) is 0 Å². The molecule has 0 saturated carbocycles. The Bertz CT molecular complexity index is 967. The van der Waals surface area contributed by atoms with Gasteiger partial charge in [-0.2, -0.15) is 0 Å². The largest absolute Gasteiger partial charge is 0.366 e. The molecule has 2 aliphatic rings. The van der Waals surface area contributed by atoms with E-state index in [0.717, 1.165) is 57.3 Å². The second kappa shape index (κ2) is 8.81. The number of anilines is 2. The van der Waals surface area contributed by atoms with Crippen LogP contribution < -0.4 is 16.0 Å². The summed E-state index contributed by atoms with van der Waals surface area (Å²) < 4.78 is 0. The van der Waals surface area contributed by atoms with Crippen LogP contribution in [0.25, 0.3) is 0 Å². The highest BCUT2D eigenvalue weighted by Crippen LogP contribution is 2.36. The molecule has 3 aromatic rings. The minimum Gasteiger partial charge on any atom is -0.366 e. The second-order valence-corrected chi connectivity index (χ2v) is 8.06. The first-order valence-electron chi connectivity index (χ1n) is 10.8. The number of benzene rings is 2. The Morgan fingerprint density at radius 2 is 1.73 bits per heavy atom. The maximum absolute atomic E-state index is 4.50. The van der Waals surface area contributed by atoms with Crippen molar-refractivity contribution in [3.63, 3.8) is 0 Å². The lowest BCUT2D eigenvalue weighted by atomic mass is 10.0. The lowest BCUT2D eigenvalue weighted by molar-refractivity contribution is 0.233. The molecule has 30 heavy (non-hydrogen) atoms. The summed E-state index contributed by atoms with van der Waals surface area (Å²) in [6, 6.07) is 19.7. The standard InChI is InChI=1S/C24H28N6/c1-2-4-18(5-3-1)15-26-23-21-14-22(29-24(21)28-17-27-23)20-8-6-19(7-9-20)16-30-12-10-25-11-13-30/h1-9,17,22,25H,10-16H2,(H2,26,27,28,29). The van der Waals surface area contributed by atoms with Crippen LogP contribution in [-0.4, -0.2) is 41.0 Å². The summed E-state index contributed by atoms with van der Waals surface area (Å²) in [6.45, 7) is 6.21. The van der Waals surface area contributed by atoms with E-state index in [-0.39, 0.29) is 6.04 Å². The third-order valence-corrected chi connectivity index (χ3v) is 5.97. The number of nitrogens with one attached hydrogen (secondary N) is 3. The van der Waals surface area contributed by atoms with Crippen molar-refractivity contribution in [1.82, 2.24) is 20.2 Å². The van der Waals surface area contributed by atoms with Crippen LogP contribution >= 0.6 is 0 Å². The van der Waals surface area contributed by atoms with Crippen molar-refractivity contribution in [2.75, 3.05) is 36.8 Å². The summed E-state index contributed by atoms with van der Waals surface area (Å²) in [5.41, 5.74) is 5.09. The first-order chi connectivity index (χ1) is 14.8. The van der Waals surface area contributed by atoms with E-state index in [2.05, 4.69) is 79.3 Å².